The van der Waals surface area contributed by atoms with E-state index in [-0.39, 0.29) is 0 Å². The van der Waals surface area contributed by atoms with Gasteiger partial charge in [-0.1, -0.05) is 96.8 Å². The molecule has 2 aromatic rings. The van der Waals surface area contributed by atoms with Crippen LogP contribution in [0, 0.1) is 32.6 Å². The molecule has 0 saturated heterocycles. The van der Waals surface area contributed by atoms with Crippen molar-refractivity contribution in [3.8, 4) is 0 Å². The smallest absolute Gasteiger partial charge is 0.00843 e. The standard InChI is InChI=1S/C15H16.C8H10.C2H6/c1-10-3-6-12(7-4-10)13-8-5-11(2)14-9-15(13)14;1-7-3-5-8(2)6-4-7;1-2/h3-8,14-15H,9H2,1-2H3;3-6H,1-2H3;1-2H3. The fraction of sp³-hybridized carbons (Fsp3) is 0.360. The maximum atomic E-state index is 2.31. The largest absolute Gasteiger partial charge is 0.0696 e. The van der Waals surface area contributed by atoms with Crippen LogP contribution >= 0.6 is 0 Å². The molecule has 0 amide bonds. The van der Waals surface area contributed by atoms with Crippen LogP contribution in [-0.4, -0.2) is 0 Å². The first-order valence-electron chi connectivity index (χ1n) is 9.53. The van der Waals surface area contributed by atoms with Crippen LogP contribution in [0.4, 0.5) is 0 Å². The van der Waals surface area contributed by atoms with Gasteiger partial charge in [0.15, 0.2) is 0 Å². The van der Waals surface area contributed by atoms with Crippen LogP contribution in [0.5, 0.6) is 0 Å². The van der Waals surface area contributed by atoms with Crippen molar-refractivity contribution in [1.29, 1.82) is 0 Å². The maximum Gasteiger partial charge on any atom is -0.00843 e. The van der Waals surface area contributed by atoms with Gasteiger partial charge < -0.3 is 0 Å². The molecule has 0 nitrogen and oxygen atoms in total. The molecule has 25 heavy (non-hydrogen) atoms. The zero-order valence-electron chi connectivity index (χ0n) is 16.6. The highest BCUT2D eigenvalue weighted by atomic mass is 14.5. The zero-order chi connectivity index (χ0) is 18.4. The summed E-state index contributed by atoms with van der Waals surface area (Å²) in [5.41, 5.74) is 8.53. The van der Waals surface area contributed by atoms with E-state index >= 15 is 0 Å². The first kappa shape index (κ1) is 19.2. The molecular formula is C25H32. The Bertz CT molecular complexity index is 706. The molecule has 0 spiro atoms. The predicted octanol–water partition coefficient (Wildman–Crippen LogP) is 7.30. The van der Waals surface area contributed by atoms with Gasteiger partial charge in [-0.2, -0.15) is 0 Å². The molecule has 132 valence electrons. The van der Waals surface area contributed by atoms with Gasteiger partial charge in [-0.15, -0.1) is 0 Å². The van der Waals surface area contributed by atoms with E-state index in [9.17, 15) is 0 Å². The Hall–Kier alpha value is -2.08. The van der Waals surface area contributed by atoms with E-state index in [1.807, 2.05) is 13.8 Å². The van der Waals surface area contributed by atoms with Crippen molar-refractivity contribution in [2.45, 2.75) is 48.0 Å². The summed E-state index contributed by atoms with van der Waals surface area (Å²) in [6.07, 6.45) is 5.97. The van der Waals surface area contributed by atoms with Crippen LogP contribution in [-0.2, 0) is 0 Å². The van der Waals surface area contributed by atoms with Crippen LogP contribution in [0.15, 0.2) is 66.3 Å². The van der Waals surface area contributed by atoms with E-state index in [2.05, 4.69) is 88.4 Å². The average Bonchev–Trinajstić information content (AvgIpc) is 3.43. The molecular weight excluding hydrogens is 300 g/mol. The number of hydrogen-bond donors (Lipinski definition) is 0. The van der Waals surface area contributed by atoms with Crippen molar-refractivity contribution < 1.29 is 0 Å². The van der Waals surface area contributed by atoms with Gasteiger partial charge >= 0.3 is 0 Å². The topological polar surface area (TPSA) is 0 Å². The molecule has 1 fully saturated rings. The molecule has 2 aliphatic carbocycles. The lowest BCUT2D eigenvalue weighted by atomic mass is 9.93. The highest BCUT2D eigenvalue weighted by Gasteiger charge is 2.42. The van der Waals surface area contributed by atoms with Crippen molar-refractivity contribution in [2.75, 3.05) is 0 Å². The SMILES string of the molecule is CC.CC1=CC=C(c2ccc(C)cc2)C2CC12.Cc1ccc(C)cc1. The normalized spacial score (nSPS) is 19.9. The van der Waals surface area contributed by atoms with Crippen LogP contribution in [0.3, 0.4) is 0 Å². The number of aryl methyl sites for hydroxylation is 3. The lowest BCUT2D eigenvalue weighted by Crippen LogP contribution is -1.95. The Balaban J connectivity index is 0.000000192. The van der Waals surface area contributed by atoms with Crippen LogP contribution < -0.4 is 0 Å². The number of fused-ring (bicyclic) bond motifs is 1. The summed E-state index contributed by atoms with van der Waals surface area (Å²) in [6, 6.07) is 17.4. The third-order valence-electron chi connectivity index (χ3n) is 4.90. The predicted molar refractivity (Wildman–Crippen MR) is 112 cm³/mol. The summed E-state index contributed by atoms with van der Waals surface area (Å²) in [6.45, 7) is 12.6. The molecule has 0 heterocycles. The van der Waals surface area contributed by atoms with Gasteiger partial charge in [0.1, 0.15) is 0 Å². The highest BCUT2D eigenvalue weighted by molar-refractivity contribution is 5.74. The number of benzene rings is 2. The van der Waals surface area contributed by atoms with E-state index in [4.69, 9.17) is 0 Å². The Morgan fingerprint density at radius 3 is 1.52 bits per heavy atom. The quantitative estimate of drug-likeness (QED) is 0.514. The van der Waals surface area contributed by atoms with Crippen molar-refractivity contribution >= 4 is 5.57 Å². The van der Waals surface area contributed by atoms with Crippen molar-refractivity contribution in [3.63, 3.8) is 0 Å². The Kier molecular flexibility index (Phi) is 6.82. The van der Waals surface area contributed by atoms with Gasteiger partial charge in [-0.3, -0.25) is 0 Å². The molecule has 1 saturated carbocycles. The number of rotatable bonds is 1. The Morgan fingerprint density at radius 1 is 0.600 bits per heavy atom. The van der Waals surface area contributed by atoms with E-state index in [1.165, 1.54) is 28.7 Å². The second-order valence-electron chi connectivity index (χ2n) is 7.00. The van der Waals surface area contributed by atoms with Gasteiger partial charge in [0.25, 0.3) is 0 Å². The monoisotopic (exact) mass is 332 g/mol. The molecule has 0 aromatic heterocycles. The Labute approximate surface area is 154 Å². The van der Waals surface area contributed by atoms with Gasteiger partial charge in [0.05, 0.1) is 0 Å². The summed E-state index contributed by atoms with van der Waals surface area (Å²) >= 11 is 0. The van der Waals surface area contributed by atoms with E-state index < -0.39 is 0 Å². The molecule has 0 bridgehead atoms. The Morgan fingerprint density at radius 2 is 1.04 bits per heavy atom. The zero-order valence-corrected chi connectivity index (χ0v) is 16.6. The molecule has 0 N–H and O–H groups in total. The number of hydrogen-bond acceptors (Lipinski definition) is 0. The summed E-state index contributed by atoms with van der Waals surface area (Å²) < 4.78 is 0. The molecule has 4 rings (SSSR count). The maximum absolute atomic E-state index is 2.31. The molecule has 2 unspecified atom stereocenters. The fourth-order valence-corrected chi connectivity index (χ4v) is 3.20. The summed E-state index contributed by atoms with van der Waals surface area (Å²) in [5.74, 6) is 1.67. The van der Waals surface area contributed by atoms with Crippen LogP contribution in [0.2, 0.25) is 0 Å². The molecule has 0 aliphatic heterocycles. The summed E-state index contributed by atoms with van der Waals surface area (Å²) in [4.78, 5) is 0. The molecule has 0 radical (unpaired) electrons. The van der Waals surface area contributed by atoms with Crippen LogP contribution in [0.25, 0.3) is 5.57 Å². The van der Waals surface area contributed by atoms with Crippen molar-refractivity contribution in [3.05, 3.63) is 88.5 Å². The minimum absolute atomic E-state index is 0.817. The second-order valence-corrected chi connectivity index (χ2v) is 7.00. The van der Waals surface area contributed by atoms with E-state index in [1.54, 1.807) is 11.1 Å². The second kappa shape index (κ2) is 8.85. The van der Waals surface area contributed by atoms with E-state index in [0.29, 0.717) is 0 Å². The van der Waals surface area contributed by atoms with Gasteiger partial charge in [-0.05, 0) is 57.1 Å². The lowest BCUT2D eigenvalue weighted by Gasteiger charge is -2.11. The van der Waals surface area contributed by atoms with Gasteiger partial charge in [-0.25, -0.2) is 0 Å². The minimum Gasteiger partial charge on any atom is -0.0696 e. The van der Waals surface area contributed by atoms with E-state index in [0.717, 1.165) is 11.8 Å². The van der Waals surface area contributed by atoms with Crippen molar-refractivity contribution in [1.82, 2.24) is 0 Å². The molecule has 2 aliphatic rings. The van der Waals surface area contributed by atoms with Crippen LogP contribution in [0.1, 0.15) is 49.4 Å². The average molecular weight is 333 g/mol. The first-order valence-corrected chi connectivity index (χ1v) is 9.53. The van der Waals surface area contributed by atoms with Gasteiger partial charge in [0.2, 0.25) is 0 Å². The summed E-state index contributed by atoms with van der Waals surface area (Å²) in [5, 5.41) is 0. The third kappa shape index (κ3) is 5.19. The third-order valence-corrected chi connectivity index (χ3v) is 4.90. The van der Waals surface area contributed by atoms with Gasteiger partial charge in [0, 0.05) is 0 Å². The van der Waals surface area contributed by atoms with Crippen molar-refractivity contribution in [2.24, 2.45) is 11.8 Å². The number of allylic oxidation sites excluding steroid dienone is 4. The molecule has 0 heteroatoms. The summed E-state index contributed by atoms with van der Waals surface area (Å²) in [7, 11) is 0. The minimum atomic E-state index is 0.817. The lowest BCUT2D eigenvalue weighted by molar-refractivity contribution is 0.923. The molecule has 2 atom stereocenters. The highest BCUT2D eigenvalue weighted by Crippen LogP contribution is 2.54. The first-order chi connectivity index (χ1) is 12.0. The fourth-order valence-electron chi connectivity index (χ4n) is 3.20. The molecule has 2 aromatic carbocycles.